The number of rotatable bonds is 6. The van der Waals surface area contributed by atoms with Gasteiger partial charge in [0.1, 0.15) is 0 Å². The molecule has 2 N–H and O–H groups in total. The fraction of sp³-hybridized carbons (Fsp3) is 0.308. The lowest BCUT2D eigenvalue weighted by molar-refractivity contribution is 0.210. The second kappa shape index (κ2) is 7.02. The van der Waals surface area contributed by atoms with Gasteiger partial charge in [-0.2, -0.15) is 10.1 Å². The molecular formula is C13H16ClN5O. The smallest absolute Gasteiger partial charge is 0.244 e. The van der Waals surface area contributed by atoms with E-state index in [2.05, 4.69) is 25.8 Å². The Morgan fingerprint density at radius 1 is 1.35 bits per heavy atom. The van der Waals surface area contributed by atoms with E-state index in [4.69, 9.17) is 16.3 Å². The zero-order chi connectivity index (χ0) is 14.4. The Morgan fingerprint density at radius 2 is 2.20 bits per heavy atom. The summed E-state index contributed by atoms with van der Waals surface area (Å²) in [6.45, 7) is 3.16. The number of hydrogen-bond acceptors (Lipinski definition) is 6. The summed E-state index contributed by atoms with van der Waals surface area (Å²) in [6.07, 6.45) is 1.55. The number of anilines is 3. The molecule has 6 nitrogen and oxygen atoms in total. The summed E-state index contributed by atoms with van der Waals surface area (Å²) in [4.78, 5) is 4.30. The summed E-state index contributed by atoms with van der Waals surface area (Å²) in [7, 11) is 1.64. The SMILES string of the molecule is COCCNc1nncc(Nc2ccc(C)c(Cl)c2)n1. The maximum absolute atomic E-state index is 6.08. The molecule has 0 spiro atoms. The molecule has 0 amide bonds. The van der Waals surface area contributed by atoms with E-state index in [1.165, 1.54) is 0 Å². The lowest BCUT2D eigenvalue weighted by Gasteiger charge is -2.08. The van der Waals surface area contributed by atoms with E-state index in [1.54, 1.807) is 13.3 Å². The van der Waals surface area contributed by atoms with E-state index in [-0.39, 0.29) is 0 Å². The molecule has 0 aliphatic heterocycles. The number of aryl methyl sites for hydroxylation is 1. The van der Waals surface area contributed by atoms with E-state index in [0.29, 0.717) is 29.9 Å². The van der Waals surface area contributed by atoms with Crippen LogP contribution in [0.1, 0.15) is 5.56 Å². The summed E-state index contributed by atoms with van der Waals surface area (Å²) in [5.41, 5.74) is 1.88. The molecule has 2 rings (SSSR count). The highest BCUT2D eigenvalue weighted by molar-refractivity contribution is 6.31. The monoisotopic (exact) mass is 293 g/mol. The molecule has 0 saturated heterocycles. The van der Waals surface area contributed by atoms with Crippen LogP contribution in [0.3, 0.4) is 0 Å². The largest absolute Gasteiger partial charge is 0.383 e. The number of nitrogens with one attached hydrogen (secondary N) is 2. The van der Waals surface area contributed by atoms with Crippen molar-refractivity contribution in [1.29, 1.82) is 0 Å². The molecule has 1 aromatic heterocycles. The van der Waals surface area contributed by atoms with E-state index >= 15 is 0 Å². The molecule has 0 aliphatic rings. The van der Waals surface area contributed by atoms with Crippen LogP contribution in [-0.2, 0) is 4.74 Å². The van der Waals surface area contributed by atoms with Gasteiger partial charge in [0.2, 0.25) is 5.95 Å². The van der Waals surface area contributed by atoms with Gasteiger partial charge in [0.25, 0.3) is 0 Å². The second-order valence-electron chi connectivity index (χ2n) is 4.17. The Bertz CT molecular complexity index is 578. The first-order valence-electron chi connectivity index (χ1n) is 6.15. The van der Waals surface area contributed by atoms with Crippen molar-refractivity contribution < 1.29 is 4.74 Å². The van der Waals surface area contributed by atoms with Crippen molar-refractivity contribution in [3.05, 3.63) is 35.0 Å². The van der Waals surface area contributed by atoms with Gasteiger partial charge in [0.05, 0.1) is 12.8 Å². The van der Waals surface area contributed by atoms with Gasteiger partial charge in [0.15, 0.2) is 5.82 Å². The van der Waals surface area contributed by atoms with E-state index in [1.807, 2.05) is 25.1 Å². The highest BCUT2D eigenvalue weighted by Gasteiger charge is 2.02. The third-order valence-corrected chi connectivity index (χ3v) is 3.00. The lowest BCUT2D eigenvalue weighted by atomic mass is 10.2. The average molecular weight is 294 g/mol. The van der Waals surface area contributed by atoms with Gasteiger partial charge in [0, 0.05) is 24.4 Å². The fourth-order valence-corrected chi connectivity index (χ4v) is 1.70. The lowest BCUT2D eigenvalue weighted by Crippen LogP contribution is -2.11. The molecule has 0 saturated carbocycles. The Morgan fingerprint density at radius 3 is 2.95 bits per heavy atom. The Labute approximate surface area is 122 Å². The van der Waals surface area contributed by atoms with Crippen LogP contribution in [0, 0.1) is 6.92 Å². The topological polar surface area (TPSA) is 72.0 Å². The van der Waals surface area contributed by atoms with Crippen LogP contribution in [0.25, 0.3) is 0 Å². The Kier molecular flexibility index (Phi) is 5.09. The number of nitrogens with zero attached hydrogens (tertiary/aromatic N) is 3. The minimum absolute atomic E-state index is 0.449. The molecule has 20 heavy (non-hydrogen) atoms. The Balaban J connectivity index is 2.05. The number of benzene rings is 1. The summed E-state index contributed by atoms with van der Waals surface area (Å²) in [6, 6.07) is 5.72. The van der Waals surface area contributed by atoms with Crippen molar-refractivity contribution in [1.82, 2.24) is 15.2 Å². The summed E-state index contributed by atoms with van der Waals surface area (Å²) >= 11 is 6.08. The number of hydrogen-bond donors (Lipinski definition) is 2. The molecule has 2 aromatic rings. The number of aromatic nitrogens is 3. The average Bonchev–Trinajstić information content (AvgIpc) is 2.44. The van der Waals surface area contributed by atoms with Crippen LogP contribution < -0.4 is 10.6 Å². The van der Waals surface area contributed by atoms with Gasteiger partial charge in [-0.1, -0.05) is 17.7 Å². The van der Waals surface area contributed by atoms with Crippen molar-refractivity contribution in [2.45, 2.75) is 6.92 Å². The molecule has 7 heteroatoms. The highest BCUT2D eigenvalue weighted by Crippen LogP contribution is 2.22. The first-order chi connectivity index (χ1) is 9.69. The van der Waals surface area contributed by atoms with Crippen molar-refractivity contribution in [2.24, 2.45) is 0 Å². The van der Waals surface area contributed by atoms with E-state index in [9.17, 15) is 0 Å². The number of ether oxygens (including phenoxy) is 1. The fourth-order valence-electron chi connectivity index (χ4n) is 1.52. The number of methoxy groups -OCH3 is 1. The minimum Gasteiger partial charge on any atom is -0.383 e. The van der Waals surface area contributed by atoms with Crippen LogP contribution >= 0.6 is 11.6 Å². The third kappa shape index (κ3) is 4.04. The third-order valence-electron chi connectivity index (χ3n) is 2.59. The van der Waals surface area contributed by atoms with Gasteiger partial charge in [-0.15, -0.1) is 5.10 Å². The van der Waals surface area contributed by atoms with Gasteiger partial charge in [-0.25, -0.2) is 0 Å². The zero-order valence-corrected chi connectivity index (χ0v) is 12.1. The van der Waals surface area contributed by atoms with Crippen molar-refractivity contribution >= 4 is 29.1 Å². The summed E-state index contributed by atoms with van der Waals surface area (Å²) < 4.78 is 4.95. The molecule has 1 heterocycles. The first kappa shape index (κ1) is 14.5. The van der Waals surface area contributed by atoms with Crippen molar-refractivity contribution in [2.75, 3.05) is 30.9 Å². The first-order valence-corrected chi connectivity index (χ1v) is 6.52. The molecule has 106 valence electrons. The van der Waals surface area contributed by atoms with Gasteiger partial charge < -0.3 is 15.4 Å². The molecule has 0 unspecified atom stereocenters. The molecule has 0 aliphatic carbocycles. The molecular weight excluding hydrogens is 278 g/mol. The molecule has 0 radical (unpaired) electrons. The predicted octanol–water partition coefficient (Wildman–Crippen LogP) is 2.64. The van der Waals surface area contributed by atoms with Crippen LogP contribution in [0.4, 0.5) is 17.5 Å². The van der Waals surface area contributed by atoms with Crippen LogP contribution in [-0.4, -0.2) is 35.4 Å². The maximum atomic E-state index is 6.08. The second-order valence-corrected chi connectivity index (χ2v) is 4.58. The van der Waals surface area contributed by atoms with Gasteiger partial charge in [-0.05, 0) is 24.6 Å². The summed E-state index contributed by atoms with van der Waals surface area (Å²) in [5, 5.41) is 14.6. The van der Waals surface area contributed by atoms with Gasteiger partial charge in [-0.3, -0.25) is 0 Å². The molecule has 0 bridgehead atoms. The quantitative estimate of drug-likeness (QED) is 0.798. The summed E-state index contributed by atoms with van der Waals surface area (Å²) in [5.74, 6) is 1.05. The molecule has 1 aromatic carbocycles. The predicted molar refractivity (Wildman–Crippen MR) is 79.7 cm³/mol. The van der Waals surface area contributed by atoms with Crippen molar-refractivity contribution in [3.8, 4) is 0 Å². The zero-order valence-electron chi connectivity index (χ0n) is 11.4. The van der Waals surface area contributed by atoms with Crippen LogP contribution in [0.5, 0.6) is 0 Å². The maximum Gasteiger partial charge on any atom is 0.244 e. The normalized spacial score (nSPS) is 10.3. The van der Waals surface area contributed by atoms with Crippen LogP contribution in [0.2, 0.25) is 5.02 Å². The van der Waals surface area contributed by atoms with Gasteiger partial charge >= 0.3 is 0 Å². The Hall–Kier alpha value is -1.92. The number of halogens is 1. The molecule has 0 atom stereocenters. The van der Waals surface area contributed by atoms with Crippen LogP contribution in [0.15, 0.2) is 24.4 Å². The van der Waals surface area contributed by atoms with Crippen molar-refractivity contribution in [3.63, 3.8) is 0 Å². The minimum atomic E-state index is 0.449. The highest BCUT2D eigenvalue weighted by atomic mass is 35.5. The van der Waals surface area contributed by atoms with E-state index < -0.39 is 0 Å². The standard InChI is InChI=1S/C13H16ClN5O/c1-9-3-4-10(7-11(9)14)17-12-8-16-19-13(18-12)15-5-6-20-2/h3-4,7-8H,5-6H2,1-2H3,(H2,15,17,18,19). The molecule has 0 fully saturated rings. The van der Waals surface area contributed by atoms with E-state index in [0.717, 1.165) is 11.3 Å².